The summed E-state index contributed by atoms with van der Waals surface area (Å²) in [5.41, 5.74) is 0.395. The predicted octanol–water partition coefficient (Wildman–Crippen LogP) is 1.34. The maximum Gasteiger partial charge on any atom is 0.275 e. The second-order valence-electron chi connectivity index (χ2n) is 4.76. The van der Waals surface area contributed by atoms with Gasteiger partial charge >= 0.3 is 0 Å². The van der Waals surface area contributed by atoms with Crippen molar-refractivity contribution in [2.75, 3.05) is 32.1 Å². The number of carbonyl (C=O) groups is 1. The van der Waals surface area contributed by atoms with E-state index in [1.807, 2.05) is 13.8 Å². The van der Waals surface area contributed by atoms with E-state index in [-0.39, 0.29) is 18.2 Å². The molecule has 0 aliphatic heterocycles. The third kappa shape index (κ3) is 4.59. The summed E-state index contributed by atoms with van der Waals surface area (Å²) >= 11 is 0. The van der Waals surface area contributed by atoms with E-state index in [4.69, 9.17) is 5.11 Å². The van der Waals surface area contributed by atoms with Gasteiger partial charge in [0.15, 0.2) is 5.69 Å². The van der Waals surface area contributed by atoms with Crippen LogP contribution in [0.2, 0.25) is 0 Å². The molecule has 1 rings (SSSR count). The molecule has 1 aromatic rings. The van der Waals surface area contributed by atoms with E-state index in [9.17, 15) is 13.6 Å². The Kier molecular flexibility index (Phi) is 6.41. The molecule has 1 heterocycles. The van der Waals surface area contributed by atoms with E-state index >= 15 is 0 Å². The first kappa shape index (κ1) is 17.2. The third-order valence-electron chi connectivity index (χ3n) is 2.81. The lowest BCUT2D eigenvalue weighted by molar-refractivity contribution is 0.0505. The minimum Gasteiger partial charge on any atom is -0.395 e. The molecule has 6 nitrogen and oxygen atoms in total. The first-order valence-corrected chi connectivity index (χ1v) is 6.63. The number of rotatable bonds is 7. The maximum atomic E-state index is 12.6. The lowest BCUT2D eigenvalue weighted by atomic mass is 10.2. The van der Waals surface area contributed by atoms with Gasteiger partial charge in [-0.25, -0.2) is 18.7 Å². The lowest BCUT2D eigenvalue weighted by Crippen LogP contribution is -2.38. The number of halogens is 2. The molecule has 0 fully saturated rings. The Balaban J connectivity index is 3.14. The summed E-state index contributed by atoms with van der Waals surface area (Å²) in [6, 6.07) is 0. The molecule has 118 valence electrons. The minimum atomic E-state index is -2.68. The second kappa shape index (κ2) is 7.82. The van der Waals surface area contributed by atoms with Crippen molar-refractivity contribution in [2.45, 2.75) is 26.2 Å². The van der Waals surface area contributed by atoms with Gasteiger partial charge in [-0.1, -0.05) is 13.8 Å². The molecule has 0 aliphatic carbocycles. The smallest absolute Gasteiger partial charge is 0.275 e. The SMILES string of the molecule is CNc1cnc(C(C)C)nc1C(=O)N(CCO)CC(F)F. The Bertz CT molecular complexity index is 483. The number of hydrogen-bond donors (Lipinski definition) is 2. The number of nitrogens with one attached hydrogen (secondary N) is 1. The Morgan fingerprint density at radius 3 is 2.62 bits per heavy atom. The Hall–Kier alpha value is -1.83. The maximum absolute atomic E-state index is 12.6. The van der Waals surface area contributed by atoms with Gasteiger partial charge in [0.25, 0.3) is 12.3 Å². The van der Waals surface area contributed by atoms with E-state index in [2.05, 4.69) is 15.3 Å². The van der Waals surface area contributed by atoms with Crippen LogP contribution in [-0.4, -0.2) is 59.1 Å². The molecule has 0 spiro atoms. The van der Waals surface area contributed by atoms with Gasteiger partial charge in [-0.05, 0) is 0 Å². The van der Waals surface area contributed by atoms with Crippen molar-refractivity contribution in [1.82, 2.24) is 14.9 Å². The summed E-state index contributed by atoms with van der Waals surface area (Å²) in [7, 11) is 1.59. The number of amides is 1. The van der Waals surface area contributed by atoms with E-state index < -0.39 is 25.5 Å². The molecular weight excluding hydrogens is 282 g/mol. The molecule has 0 unspecified atom stereocenters. The van der Waals surface area contributed by atoms with E-state index in [0.717, 1.165) is 4.90 Å². The zero-order valence-corrected chi connectivity index (χ0v) is 12.3. The number of alkyl halides is 2. The lowest BCUT2D eigenvalue weighted by Gasteiger charge is -2.22. The summed E-state index contributed by atoms with van der Waals surface area (Å²) in [5, 5.41) is 11.7. The van der Waals surface area contributed by atoms with Gasteiger partial charge in [0.1, 0.15) is 5.82 Å². The topological polar surface area (TPSA) is 78.4 Å². The second-order valence-corrected chi connectivity index (χ2v) is 4.76. The van der Waals surface area contributed by atoms with Crippen molar-refractivity contribution in [3.8, 4) is 0 Å². The largest absolute Gasteiger partial charge is 0.395 e. The number of carbonyl (C=O) groups excluding carboxylic acids is 1. The Morgan fingerprint density at radius 1 is 1.48 bits per heavy atom. The van der Waals surface area contributed by atoms with Crippen LogP contribution >= 0.6 is 0 Å². The van der Waals surface area contributed by atoms with Crippen molar-refractivity contribution in [3.63, 3.8) is 0 Å². The van der Waals surface area contributed by atoms with Crippen molar-refractivity contribution in [1.29, 1.82) is 0 Å². The van der Waals surface area contributed by atoms with Gasteiger partial charge in [-0.2, -0.15) is 0 Å². The molecule has 0 aliphatic rings. The number of nitrogens with zero attached hydrogens (tertiary/aromatic N) is 3. The van der Waals surface area contributed by atoms with E-state index in [0.29, 0.717) is 11.5 Å². The summed E-state index contributed by atoms with van der Waals surface area (Å²) in [5.74, 6) is -0.194. The van der Waals surface area contributed by atoms with Crippen LogP contribution in [-0.2, 0) is 0 Å². The molecule has 0 saturated carbocycles. The van der Waals surface area contributed by atoms with Crippen molar-refractivity contribution in [2.24, 2.45) is 0 Å². The highest BCUT2D eigenvalue weighted by atomic mass is 19.3. The summed E-state index contributed by atoms with van der Waals surface area (Å²) < 4.78 is 25.1. The van der Waals surface area contributed by atoms with E-state index in [1.54, 1.807) is 7.05 Å². The number of aliphatic hydroxyl groups is 1. The molecule has 0 radical (unpaired) electrons. The fraction of sp³-hybridized carbons (Fsp3) is 0.615. The van der Waals surface area contributed by atoms with Crippen LogP contribution < -0.4 is 5.32 Å². The highest BCUT2D eigenvalue weighted by molar-refractivity contribution is 5.97. The monoisotopic (exact) mass is 302 g/mol. The van der Waals surface area contributed by atoms with Crippen LogP contribution in [0.5, 0.6) is 0 Å². The van der Waals surface area contributed by atoms with Gasteiger partial charge in [0, 0.05) is 19.5 Å². The zero-order valence-electron chi connectivity index (χ0n) is 12.3. The van der Waals surface area contributed by atoms with Crippen LogP contribution in [0.25, 0.3) is 0 Å². The van der Waals surface area contributed by atoms with Gasteiger partial charge in [-0.15, -0.1) is 0 Å². The first-order chi connectivity index (χ1) is 9.90. The summed E-state index contributed by atoms with van der Waals surface area (Å²) in [6.07, 6.45) is -1.22. The van der Waals surface area contributed by atoms with Crippen LogP contribution in [0.1, 0.15) is 36.1 Å². The average Bonchev–Trinajstić information content (AvgIpc) is 2.44. The molecule has 0 atom stereocenters. The van der Waals surface area contributed by atoms with E-state index in [1.165, 1.54) is 6.20 Å². The number of hydrogen-bond acceptors (Lipinski definition) is 5. The van der Waals surface area contributed by atoms with Crippen molar-refractivity contribution < 1.29 is 18.7 Å². The first-order valence-electron chi connectivity index (χ1n) is 6.63. The molecule has 0 saturated heterocycles. The quantitative estimate of drug-likeness (QED) is 0.795. The third-order valence-corrected chi connectivity index (χ3v) is 2.81. The van der Waals surface area contributed by atoms with Crippen LogP contribution in [0, 0.1) is 0 Å². The van der Waals surface area contributed by atoms with Crippen LogP contribution in [0.4, 0.5) is 14.5 Å². The Labute approximate surface area is 122 Å². The fourth-order valence-electron chi connectivity index (χ4n) is 1.73. The normalized spacial score (nSPS) is 11.0. The summed E-state index contributed by atoms with van der Waals surface area (Å²) in [4.78, 5) is 21.5. The van der Waals surface area contributed by atoms with Crippen LogP contribution in [0.3, 0.4) is 0 Å². The molecule has 1 amide bonds. The standard InChI is InChI=1S/C13H20F2N4O2/c1-8(2)12-17-6-9(16-3)11(18-12)13(21)19(4-5-20)7-10(14)15/h6,8,10,16,20H,4-5,7H2,1-3H3. The van der Waals surface area contributed by atoms with Gasteiger partial charge < -0.3 is 15.3 Å². The number of aliphatic hydroxyl groups excluding tert-OH is 1. The average molecular weight is 302 g/mol. The Morgan fingerprint density at radius 2 is 2.14 bits per heavy atom. The predicted molar refractivity (Wildman–Crippen MR) is 74.7 cm³/mol. The van der Waals surface area contributed by atoms with Gasteiger partial charge in [0.05, 0.1) is 25.0 Å². The molecule has 2 N–H and O–H groups in total. The molecular formula is C13H20F2N4O2. The molecule has 21 heavy (non-hydrogen) atoms. The molecule has 1 aromatic heterocycles. The molecule has 0 bridgehead atoms. The van der Waals surface area contributed by atoms with Crippen LogP contribution in [0.15, 0.2) is 6.20 Å². The van der Waals surface area contributed by atoms with Gasteiger partial charge in [-0.3, -0.25) is 4.79 Å². The van der Waals surface area contributed by atoms with Crippen molar-refractivity contribution in [3.05, 3.63) is 17.7 Å². The van der Waals surface area contributed by atoms with Gasteiger partial charge in [0.2, 0.25) is 0 Å². The zero-order chi connectivity index (χ0) is 16.0. The van der Waals surface area contributed by atoms with Crippen molar-refractivity contribution >= 4 is 11.6 Å². The minimum absolute atomic E-state index is 0.00356. The fourth-order valence-corrected chi connectivity index (χ4v) is 1.73. The summed E-state index contributed by atoms with van der Waals surface area (Å²) in [6.45, 7) is 2.42. The molecule has 0 aromatic carbocycles. The number of aromatic nitrogens is 2. The highest BCUT2D eigenvalue weighted by Gasteiger charge is 2.24. The number of anilines is 1. The highest BCUT2D eigenvalue weighted by Crippen LogP contribution is 2.18. The molecule has 8 heteroatoms.